The zero-order chi connectivity index (χ0) is 18.0. The van der Waals surface area contributed by atoms with Crippen molar-refractivity contribution < 1.29 is 14.7 Å². The van der Waals surface area contributed by atoms with Gasteiger partial charge >= 0.3 is 0 Å². The van der Waals surface area contributed by atoms with E-state index < -0.39 is 17.8 Å². The van der Waals surface area contributed by atoms with E-state index in [1.54, 1.807) is 6.08 Å². The third-order valence-corrected chi connectivity index (χ3v) is 6.53. The molecule has 0 fully saturated rings. The number of thiophene rings is 1. The summed E-state index contributed by atoms with van der Waals surface area (Å²) in [5.41, 5.74) is 1.62. The summed E-state index contributed by atoms with van der Waals surface area (Å²) >= 11 is 1.47. The van der Waals surface area contributed by atoms with Crippen LogP contribution in [0.15, 0.2) is 12.2 Å². The number of anilines is 1. The number of nitriles is 1. The lowest BCUT2D eigenvalue weighted by Crippen LogP contribution is -2.41. The number of fused-ring (bicyclic) bond motifs is 1. The molecule has 0 saturated carbocycles. The zero-order valence-electron chi connectivity index (χ0n) is 14.2. The van der Waals surface area contributed by atoms with Gasteiger partial charge in [0.1, 0.15) is 11.1 Å². The van der Waals surface area contributed by atoms with Crippen molar-refractivity contribution in [3.05, 3.63) is 28.2 Å². The maximum Gasteiger partial charge on any atom is 0.229 e. The van der Waals surface area contributed by atoms with Crippen LogP contribution in [-0.2, 0) is 22.4 Å². The molecule has 1 aromatic heterocycles. The molecule has 1 amide bonds. The lowest BCUT2D eigenvalue weighted by Gasteiger charge is -2.28. The van der Waals surface area contributed by atoms with Crippen molar-refractivity contribution in [1.29, 1.82) is 5.26 Å². The number of carbonyl (C=O) groups excluding carboxylic acids is 2. The van der Waals surface area contributed by atoms with Gasteiger partial charge in [0.15, 0.2) is 0 Å². The minimum absolute atomic E-state index is 0.310. The zero-order valence-corrected chi connectivity index (χ0v) is 15.0. The van der Waals surface area contributed by atoms with E-state index in [1.807, 2.05) is 6.08 Å². The van der Waals surface area contributed by atoms with Gasteiger partial charge in [-0.3, -0.25) is 4.79 Å². The van der Waals surface area contributed by atoms with Crippen molar-refractivity contribution in [2.75, 3.05) is 5.32 Å². The predicted molar refractivity (Wildman–Crippen MR) is 93.8 cm³/mol. The van der Waals surface area contributed by atoms with Crippen molar-refractivity contribution in [2.24, 2.45) is 17.8 Å². The minimum Gasteiger partial charge on any atom is -0.550 e. The predicted octanol–water partition coefficient (Wildman–Crippen LogP) is 2.41. The Bertz CT molecular complexity index is 759. The molecule has 0 spiro atoms. The third kappa shape index (κ3) is 3.47. The number of allylic oxidation sites excluding steroid dienone is 2. The molecule has 0 unspecified atom stereocenters. The van der Waals surface area contributed by atoms with Crippen LogP contribution in [0.1, 0.15) is 48.6 Å². The molecular formula is C19H21N2O3S-. The first kappa shape index (κ1) is 17.7. The van der Waals surface area contributed by atoms with E-state index in [0.717, 1.165) is 31.2 Å². The molecule has 2 aliphatic carbocycles. The molecular weight excluding hydrogens is 336 g/mol. The molecule has 1 N–H and O–H groups in total. The summed E-state index contributed by atoms with van der Waals surface area (Å²) in [6.45, 7) is 2.17. The second-order valence-corrected chi connectivity index (χ2v) is 7.91. The molecule has 0 bridgehead atoms. The second kappa shape index (κ2) is 7.40. The summed E-state index contributed by atoms with van der Waals surface area (Å²) in [5.74, 6) is -2.35. The van der Waals surface area contributed by atoms with Crippen molar-refractivity contribution >= 4 is 28.2 Å². The van der Waals surface area contributed by atoms with Gasteiger partial charge < -0.3 is 15.2 Å². The van der Waals surface area contributed by atoms with Crippen molar-refractivity contribution in [3.63, 3.8) is 0 Å². The largest absolute Gasteiger partial charge is 0.550 e. The van der Waals surface area contributed by atoms with E-state index in [9.17, 15) is 20.0 Å². The number of rotatable bonds is 4. The first-order chi connectivity index (χ1) is 12.0. The van der Waals surface area contributed by atoms with Gasteiger partial charge in [-0.2, -0.15) is 5.26 Å². The highest BCUT2D eigenvalue weighted by Gasteiger charge is 2.32. The molecule has 25 heavy (non-hydrogen) atoms. The number of amides is 1. The maximum atomic E-state index is 12.6. The number of nitrogens with one attached hydrogen (secondary N) is 1. The first-order valence-electron chi connectivity index (χ1n) is 8.76. The van der Waals surface area contributed by atoms with Gasteiger partial charge in [-0.15, -0.1) is 11.3 Å². The first-order valence-corrected chi connectivity index (χ1v) is 9.58. The lowest BCUT2D eigenvalue weighted by atomic mass is 9.82. The highest BCUT2D eigenvalue weighted by molar-refractivity contribution is 7.16. The lowest BCUT2D eigenvalue weighted by molar-refractivity contribution is -0.313. The Balaban J connectivity index is 1.82. The van der Waals surface area contributed by atoms with E-state index in [4.69, 9.17) is 0 Å². The summed E-state index contributed by atoms with van der Waals surface area (Å²) in [6, 6.07) is 2.23. The van der Waals surface area contributed by atoms with Gasteiger partial charge in [0, 0.05) is 16.8 Å². The van der Waals surface area contributed by atoms with Gasteiger partial charge in [0.2, 0.25) is 5.91 Å². The molecule has 2 aliphatic rings. The van der Waals surface area contributed by atoms with Gasteiger partial charge in [-0.05, 0) is 43.6 Å². The summed E-state index contributed by atoms with van der Waals surface area (Å²) in [7, 11) is 0. The van der Waals surface area contributed by atoms with Crippen LogP contribution in [0.4, 0.5) is 5.00 Å². The molecule has 5 nitrogen and oxygen atoms in total. The van der Waals surface area contributed by atoms with Crippen LogP contribution in [0.3, 0.4) is 0 Å². The number of aliphatic carboxylic acids is 1. The number of nitrogens with zero attached hydrogens (tertiary/aromatic N) is 1. The molecule has 1 heterocycles. The molecule has 0 aliphatic heterocycles. The molecule has 3 atom stereocenters. The van der Waals surface area contributed by atoms with E-state index in [-0.39, 0.29) is 5.91 Å². The van der Waals surface area contributed by atoms with Crippen LogP contribution >= 0.6 is 11.3 Å². The van der Waals surface area contributed by atoms with Crippen molar-refractivity contribution in [1.82, 2.24) is 0 Å². The number of carboxylic acids is 1. The molecule has 0 aromatic carbocycles. The smallest absolute Gasteiger partial charge is 0.229 e. The average Bonchev–Trinajstić information content (AvgIpc) is 2.97. The van der Waals surface area contributed by atoms with Crippen molar-refractivity contribution in [2.45, 2.75) is 45.4 Å². The summed E-state index contributed by atoms with van der Waals surface area (Å²) in [5, 5.41) is 24.2. The quantitative estimate of drug-likeness (QED) is 0.838. The fourth-order valence-corrected chi connectivity index (χ4v) is 5.09. The van der Waals surface area contributed by atoms with Gasteiger partial charge in [0.05, 0.1) is 11.5 Å². The molecule has 0 radical (unpaired) electrons. The van der Waals surface area contributed by atoms with Gasteiger partial charge in [0.25, 0.3) is 0 Å². The Morgan fingerprint density at radius 1 is 1.36 bits per heavy atom. The molecule has 132 valence electrons. The minimum atomic E-state index is -1.19. The number of hydrogen-bond acceptors (Lipinski definition) is 5. The number of carboxylic acid groups (broad SMARTS) is 1. The SMILES string of the molecule is CC[C@H]1CCc2c(sc(NC(=O)[C@@H]3CC=CC[C@@H]3C(=O)[O-])c2C#N)C1. The monoisotopic (exact) mass is 357 g/mol. The topological polar surface area (TPSA) is 93.0 Å². The third-order valence-electron chi connectivity index (χ3n) is 5.37. The summed E-state index contributed by atoms with van der Waals surface area (Å²) in [6.07, 6.45) is 8.32. The Kier molecular flexibility index (Phi) is 5.24. The highest BCUT2D eigenvalue weighted by atomic mass is 32.1. The standard InChI is InChI=1S/C19H22N2O3S/c1-2-11-7-8-12-15(10-20)18(25-16(12)9-11)21-17(22)13-5-3-4-6-14(13)19(23)24/h3-4,11,13-14H,2,5-9H2,1H3,(H,21,22)(H,23,24)/p-1/t11-,13+,14-/m0/s1. The Hall–Kier alpha value is -2.13. The summed E-state index contributed by atoms with van der Waals surface area (Å²) < 4.78 is 0. The van der Waals surface area contributed by atoms with Crippen LogP contribution in [0.5, 0.6) is 0 Å². The van der Waals surface area contributed by atoms with Crippen LogP contribution in [0.2, 0.25) is 0 Å². The van der Waals surface area contributed by atoms with Gasteiger partial charge in [-0.1, -0.05) is 25.5 Å². The normalized spacial score (nSPS) is 25.0. The Morgan fingerprint density at radius 2 is 2.08 bits per heavy atom. The van der Waals surface area contributed by atoms with Crippen LogP contribution in [0.25, 0.3) is 0 Å². The molecule has 3 rings (SSSR count). The Labute approximate surface area is 151 Å². The van der Waals surface area contributed by atoms with E-state index in [2.05, 4.69) is 18.3 Å². The van der Waals surface area contributed by atoms with E-state index >= 15 is 0 Å². The van der Waals surface area contributed by atoms with Crippen molar-refractivity contribution in [3.8, 4) is 6.07 Å². The average molecular weight is 357 g/mol. The molecule has 0 saturated heterocycles. The van der Waals surface area contributed by atoms with Crippen LogP contribution in [0, 0.1) is 29.1 Å². The summed E-state index contributed by atoms with van der Waals surface area (Å²) in [4.78, 5) is 25.1. The van der Waals surface area contributed by atoms with Crippen LogP contribution < -0.4 is 10.4 Å². The fourth-order valence-electron chi connectivity index (χ4n) is 3.78. The number of hydrogen-bond donors (Lipinski definition) is 1. The van der Waals surface area contributed by atoms with E-state index in [1.165, 1.54) is 16.2 Å². The fraction of sp³-hybridized carbons (Fsp3) is 0.526. The van der Waals surface area contributed by atoms with Gasteiger partial charge in [-0.25, -0.2) is 0 Å². The highest BCUT2D eigenvalue weighted by Crippen LogP contribution is 2.40. The Morgan fingerprint density at radius 3 is 2.72 bits per heavy atom. The maximum absolute atomic E-state index is 12.6. The second-order valence-electron chi connectivity index (χ2n) is 6.80. The molecule has 6 heteroatoms. The number of carbonyl (C=O) groups is 2. The van der Waals surface area contributed by atoms with Crippen LogP contribution in [-0.4, -0.2) is 11.9 Å². The van der Waals surface area contributed by atoms with E-state index in [0.29, 0.717) is 29.3 Å². The molecule has 1 aromatic rings.